The number of fused-ring (bicyclic) bond motifs is 3. The second kappa shape index (κ2) is 9.18. The van der Waals surface area contributed by atoms with Gasteiger partial charge in [0.05, 0.1) is 22.6 Å². The van der Waals surface area contributed by atoms with Crippen LogP contribution in [0.25, 0.3) is 21.7 Å². The van der Waals surface area contributed by atoms with Crippen LogP contribution in [-0.4, -0.2) is 33.9 Å². The van der Waals surface area contributed by atoms with Crippen LogP contribution in [0.2, 0.25) is 0 Å². The number of ether oxygens (including phenoxy) is 2. The number of pyridine rings is 2. The summed E-state index contributed by atoms with van der Waals surface area (Å²) in [7, 11) is 1.76. The van der Waals surface area contributed by atoms with Crippen LogP contribution in [-0.2, 0) is 11.8 Å². The number of hydrogen-bond donors (Lipinski definition) is 1. The molecule has 0 saturated heterocycles. The van der Waals surface area contributed by atoms with Crippen molar-refractivity contribution in [2.24, 2.45) is 13.0 Å². The smallest absolute Gasteiger partial charge is 0.407 e. The molecule has 0 aliphatic rings. The van der Waals surface area contributed by atoms with Crippen molar-refractivity contribution in [1.82, 2.24) is 14.9 Å². The highest BCUT2D eigenvalue weighted by Crippen LogP contribution is 2.32. The predicted molar refractivity (Wildman–Crippen MR) is 127 cm³/mol. The SMILES string of the molecule is Cc1ncc2c(=O)n(C)c3ccccc3c2c1OC[C@H](CC(C)C)NC(=O)OC(C)(C)C. The molecule has 0 radical (unpaired) electrons. The molecule has 1 N–H and O–H groups in total. The summed E-state index contributed by atoms with van der Waals surface area (Å²) in [5, 5.41) is 5.10. The number of alkyl carbamates (subject to hydrolysis) is 1. The van der Waals surface area contributed by atoms with Crippen molar-refractivity contribution in [3.05, 3.63) is 46.5 Å². The average molecular weight is 440 g/mol. The maximum atomic E-state index is 13.0. The van der Waals surface area contributed by atoms with Gasteiger partial charge in [-0.25, -0.2) is 4.79 Å². The predicted octanol–water partition coefficient (Wildman–Crippen LogP) is 4.71. The van der Waals surface area contributed by atoms with Crippen molar-refractivity contribution >= 4 is 27.8 Å². The third-order valence-electron chi connectivity index (χ3n) is 5.19. The van der Waals surface area contributed by atoms with E-state index in [9.17, 15) is 9.59 Å². The van der Waals surface area contributed by atoms with Crippen molar-refractivity contribution in [3.63, 3.8) is 0 Å². The Morgan fingerprint density at radius 3 is 2.53 bits per heavy atom. The van der Waals surface area contributed by atoms with Gasteiger partial charge in [-0.15, -0.1) is 0 Å². The minimum absolute atomic E-state index is 0.123. The Balaban J connectivity index is 1.99. The number of amides is 1. The zero-order chi connectivity index (χ0) is 23.6. The van der Waals surface area contributed by atoms with E-state index in [-0.39, 0.29) is 18.2 Å². The standard InChI is InChI=1S/C25H33N3O4/c1-15(2)12-17(27-24(30)32-25(4,5)6)14-31-22-16(3)26-13-19-21(22)18-10-8-9-11-20(18)28(7)23(19)29/h8-11,13,15,17H,12,14H2,1-7H3,(H,27,30)/t17-/m0/s1. The second-order valence-electron chi connectivity index (χ2n) is 9.63. The fraction of sp³-hybridized carbons (Fsp3) is 0.480. The Bertz CT molecular complexity index is 1190. The number of rotatable bonds is 6. The van der Waals surface area contributed by atoms with Gasteiger partial charge in [0.25, 0.3) is 5.56 Å². The fourth-order valence-electron chi connectivity index (χ4n) is 3.86. The van der Waals surface area contributed by atoms with Crippen molar-refractivity contribution in [3.8, 4) is 5.75 Å². The summed E-state index contributed by atoms with van der Waals surface area (Å²) in [5.41, 5.74) is 0.812. The van der Waals surface area contributed by atoms with Crippen molar-refractivity contribution < 1.29 is 14.3 Å². The van der Waals surface area contributed by atoms with Gasteiger partial charge in [0.1, 0.15) is 18.0 Å². The molecule has 0 bridgehead atoms. The van der Waals surface area contributed by atoms with Crippen LogP contribution in [0.15, 0.2) is 35.3 Å². The molecule has 0 aliphatic heterocycles. The van der Waals surface area contributed by atoms with Crippen LogP contribution in [0.1, 0.15) is 46.7 Å². The van der Waals surface area contributed by atoms with E-state index in [0.717, 1.165) is 22.7 Å². The second-order valence-corrected chi connectivity index (χ2v) is 9.63. The molecule has 0 saturated carbocycles. The van der Waals surface area contributed by atoms with E-state index >= 15 is 0 Å². The summed E-state index contributed by atoms with van der Waals surface area (Å²) < 4.78 is 13.3. The van der Waals surface area contributed by atoms with Gasteiger partial charge in [0.15, 0.2) is 0 Å². The van der Waals surface area contributed by atoms with E-state index < -0.39 is 11.7 Å². The Morgan fingerprint density at radius 1 is 1.19 bits per heavy atom. The lowest BCUT2D eigenvalue weighted by atomic mass is 10.0. The Kier molecular flexibility index (Phi) is 6.77. The number of nitrogens with zero attached hydrogens (tertiary/aromatic N) is 2. The number of benzene rings is 1. The quantitative estimate of drug-likeness (QED) is 0.562. The zero-order valence-electron chi connectivity index (χ0n) is 20.0. The lowest BCUT2D eigenvalue weighted by molar-refractivity contribution is 0.0480. The monoisotopic (exact) mass is 439 g/mol. The number of carbonyl (C=O) groups excluding carboxylic acids is 1. The molecule has 7 heteroatoms. The molecule has 3 aromatic rings. The van der Waals surface area contributed by atoms with E-state index in [1.54, 1.807) is 17.8 Å². The van der Waals surface area contributed by atoms with Gasteiger partial charge in [-0.3, -0.25) is 9.78 Å². The van der Waals surface area contributed by atoms with Gasteiger partial charge in [0.2, 0.25) is 0 Å². The van der Waals surface area contributed by atoms with Gasteiger partial charge in [-0.05, 0) is 46.1 Å². The average Bonchev–Trinajstić information content (AvgIpc) is 2.68. The number of hydrogen-bond acceptors (Lipinski definition) is 5. The summed E-state index contributed by atoms with van der Waals surface area (Å²) in [6.07, 6.45) is 1.86. The number of carbonyl (C=O) groups is 1. The minimum Gasteiger partial charge on any atom is -0.489 e. The summed E-state index contributed by atoms with van der Waals surface area (Å²) in [6.45, 7) is 11.8. The molecule has 1 atom stereocenters. The Hall–Kier alpha value is -3.09. The van der Waals surface area contributed by atoms with E-state index in [1.807, 2.05) is 52.0 Å². The van der Waals surface area contributed by atoms with Crippen LogP contribution < -0.4 is 15.6 Å². The molecular formula is C25H33N3O4. The molecular weight excluding hydrogens is 406 g/mol. The van der Waals surface area contributed by atoms with Crippen LogP contribution in [0.5, 0.6) is 5.75 Å². The van der Waals surface area contributed by atoms with E-state index in [1.165, 1.54) is 0 Å². The molecule has 1 aromatic carbocycles. The first-order chi connectivity index (χ1) is 15.0. The number of aryl methyl sites for hydroxylation is 2. The lowest BCUT2D eigenvalue weighted by Crippen LogP contribution is -2.42. The topological polar surface area (TPSA) is 82.5 Å². The van der Waals surface area contributed by atoms with Crippen LogP contribution in [0.4, 0.5) is 4.79 Å². The van der Waals surface area contributed by atoms with Crippen LogP contribution >= 0.6 is 0 Å². The number of aromatic nitrogens is 2. The molecule has 2 aromatic heterocycles. The van der Waals surface area contributed by atoms with Crippen molar-refractivity contribution in [1.29, 1.82) is 0 Å². The Labute approximate surface area is 188 Å². The summed E-state index contributed by atoms with van der Waals surface area (Å²) in [5.74, 6) is 0.912. The molecule has 3 rings (SSSR count). The van der Waals surface area contributed by atoms with Crippen molar-refractivity contribution in [2.75, 3.05) is 6.61 Å². The molecule has 0 aliphatic carbocycles. The normalized spacial score (nSPS) is 12.9. The zero-order valence-corrected chi connectivity index (χ0v) is 20.0. The third-order valence-corrected chi connectivity index (χ3v) is 5.19. The van der Waals surface area contributed by atoms with E-state index in [4.69, 9.17) is 9.47 Å². The molecule has 2 heterocycles. The van der Waals surface area contributed by atoms with E-state index in [0.29, 0.717) is 22.7 Å². The maximum absolute atomic E-state index is 13.0. The largest absolute Gasteiger partial charge is 0.489 e. The molecule has 0 fully saturated rings. The molecule has 7 nitrogen and oxygen atoms in total. The van der Waals surface area contributed by atoms with Crippen molar-refractivity contribution in [2.45, 2.75) is 59.6 Å². The summed E-state index contributed by atoms with van der Waals surface area (Å²) in [6, 6.07) is 7.50. The minimum atomic E-state index is -0.581. The van der Waals surface area contributed by atoms with Gasteiger partial charge in [-0.2, -0.15) is 0 Å². The first-order valence-electron chi connectivity index (χ1n) is 11.0. The fourth-order valence-corrected chi connectivity index (χ4v) is 3.86. The van der Waals surface area contributed by atoms with Crippen LogP contribution in [0.3, 0.4) is 0 Å². The summed E-state index contributed by atoms with van der Waals surface area (Å²) >= 11 is 0. The summed E-state index contributed by atoms with van der Waals surface area (Å²) in [4.78, 5) is 29.7. The molecule has 32 heavy (non-hydrogen) atoms. The van der Waals surface area contributed by atoms with Gasteiger partial charge >= 0.3 is 6.09 Å². The molecule has 172 valence electrons. The van der Waals surface area contributed by atoms with E-state index in [2.05, 4.69) is 24.1 Å². The molecule has 0 unspecified atom stereocenters. The molecule has 1 amide bonds. The van der Waals surface area contributed by atoms with Gasteiger partial charge in [-0.1, -0.05) is 32.0 Å². The Morgan fingerprint density at radius 2 is 1.88 bits per heavy atom. The highest BCUT2D eigenvalue weighted by molar-refractivity contribution is 6.08. The first kappa shape index (κ1) is 23.6. The third kappa shape index (κ3) is 5.21. The highest BCUT2D eigenvalue weighted by Gasteiger charge is 2.22. The first-order valence-corrected chi connectivity index (χ1v) is 11.0. The number of para-hydroxylation sites is 1. The van der Waals surface area contributed by atoms with Gasteiger partial charge < -0.3 is 19.4 Å². The molecule has 0 spiro atoms. The highest BCUT2D eigenvalue weighted by atomic mass is 16.6. The van der Waals surface area contributed by atoms with Gasteiger partial charge in [0, 0.05) is 24.0 Å². The maximum Gasteiger partial charge on any atom is 0.407 e. The van der Waals surface area contributed by atoms with Crippen LogP contribution in [0, 0.1) is 12.8 Å². The number of nitrogens with one attached hydrogen (secondary N) is 1. The lowest BCUT2D eigenvalue weighted by Gasteiger charge is -2.25.